The molecule has 1 aromatic carbocycles. The third kappa shape index (κ3) is 5.23. The van der Waals surface area contributed by atoms with Gasteiger partial charge in [-0.1, -0.05) is 51.5 Å². The van der Waals surface area contributed by atoms with Crippen LogP contribution in [0.25, 0.3) is 0 Å². The van der Waals surface area contributed by atoms with Crippen molar-refractivity contribution in [1.82, 2.24) is 5.32 Å². The van der Waals surface area contributed by atoms with Crippen molar-refractivity contribution < 1.29 is 9.84 Å². The molecule has 2 unspecified atom stereocenters. The second-order valence-corrected chi connectivity index (χ2v) is 5.65. The van der Waals surface area contributed by atoms with Crippen LogP contribution in [0.5, 0.6) is 0 Å². The third-order valence-corrected chi connectivity index (χ3v) is 3.60. The van der Waals surface area contributed by atoms with Gasteiger partial charge in [-0.3, -0.25) is 0 Å². The van der Waals surface area contributed by atoms with Gasteiger partial charge in [0.15, 0.2) is 0 Å². The summed E-state index contributed by atoms with van der Waals surface area (Å²) in [6, 6.07) is 8.37. The number of ether oxygens (including phenoxy) is 1. The standard InChI is InChI=1S/C17H29NO2/c1-5-6-14-7-9-15(10-8-14)17(19)16(13(2)3)18-11-12-20-4/h7-10,13,16-19H,5-6,11-12H2,1-4H3. The zero-order chi connectivity index (χ0) is 15.0. The van der Waals surface area contributed by atoms with Crippen molar-refractivity contribution in [3.05, 3.63) is 35.4 Å². The molecule has 0 spiro atoms. The Morgan fingerprint density at radius 3 is 2.35 bits per heavy atom. The van der Waals surface area contributed by atoms with Gasteiger partial charge >= 0.3 is 0 Å². The van der Waals surface area contributed by atoms with Crippen LogP contribution >= 0.6 is 0 Å². The van der Waals surface area contributed by atoms with E-state index in [-0.39, 0.29) is 6.04 Å². The normalized spacial score (nSPS) is 14.5. The van der Waals surface area contributed by atoms with Crippen LogP contribution in [0.1, 0.15) is 44.4 Å². The zero-order valence-electron chi connectivity index (χ0n) is 13.2. The van der Waals surface area contributed by atoms with Crippen molar-refractivity contribution >= 4 is 0 Å². The molecule has 114 valence electrons. The molecule has 0 fully saturated rings. The number of benzene rings is 1. The molecule has 2 N–H and O–H groups in total. The van der Waals surface area contributed by atoms with E-state index in [4.69, 9.17) is 4.74 Å². The molecule has 0 radical (unpaired) electrons. The molecule has 1 aromatic rings. The molecule has 20 heavy (non-hydrogen) atoms. The average molecular weight is 279 g/mol. The Balaban J connectivity index is 2.69. The van der Waals surface area contributed by atoms with Gasteiger partial charge < -0.3 is 15.2 Å². The molecule has 0 heterocycles. The zero-order valence-corrected chi connectivity index (χ0v) is 13.2. The van der Waals surface area contributed by atoms with Crippen LogP contribution in [0, 0.1) is 5.92 Å². The Morgan fingerprint density at radius 2 is 1.85 bits per heavy atom. The summed E-state index contributed by atoms with van der Waals surface area (Å²) >= 11 is 0. The molecule has 3 nitrogen and oxygen atoms in total. The molecule has 1 rings (SSSR count). The molecule has 0 amide bonds. The smallest absolute Gasteiger partial charge is 0.0945 e. The summed E-state index contributed by atoms with van der Waals surface area (Å²) in [5.74, 6) is 0.358. The molecule has 0 aliphatic carbocycles. The van der Waals surface area contributed by atoms with E-state index >= 15 is 0 Å². The van der Waals surface area contributed by atoms with Gasteiger partial charge in [-0.05, 0) is 23.5 Å². The first kappa shape index (κ1) is 17.2. The van der Waals surface area contributed by atoms with E-state index in [1.54, 1.807) is 7.11 Å². The van der Waals surface area contributed by atoms with E-state index in [0.717, 1.165) is 24.9 Å². The number of aryl methyl sites for hydroxylation is 1. The minimum absolute atomic E-state index is 0.0437. The molecular formula is C17H29NO2. The number of aliphatic hydroxyl groups excluding tert-OH is 1. The molecular weight excluding hydrogens is 250 g/mol. The summed E-state index contributed by atoms with van der Waals surface area (Å²) in [5.41, 5.74) is 2.31. The van der Waals surface area contributed by atoms with Gasteiger partial charge in [0.05, 0.1) is 12.7 Å². The predicted octanol–water partition coefficient (Wildman–Crippen LogP) is 2.93. The summed E-state index contributed by atoms with van der Waals surface area (Å²) in [6.45, 7) is 7.84. The first-order chi connectivity index (χ1) is 9.60. The van der Waals surface area contributed by atoms with Gasteiger partial charge in [0, 0.05) is 19.7 Å². The quantitative estimate of drug-likeness (QED) is 0.683. The molecule has 0 aliphatic rings. The van der Waals surface area contributed by atoms with Crippen molar-refractivity contribution in [3.63, 3.8) is 0 Å². The van der Waals surface area contributed by atoms with Gasteiger partial charge in [0.2, 0.25) is 0 Å². The number of hydrogen-bond acceptors (Lipinski definition) is 3. The number of nitrogens with one attached hydrogen (secondary N) is 1. The maximum atomic E-state index is 10.6. The van der Waals surface area contributed by atoms with Crippen LogP contribution < -0.4 is 5.32 Å². The lowest BCUT2D eigenvalue weighted by atomic mass is 9.92. The van der Waals surface area contributed by atoms with Crippen LogP contribution in [0.15, 0.2) is 24.3 Å². The summed E-state index contributed by atoms with van der Waals surface area (Å²) in [4.78, 5) is 0. The maximum Gasteiger partial charge on any atom is 0.0945 e. The number of methoxy groups -OCH3 is 1. The van der Waals surface area contributed by atoms with Crippen molar-refractivity contribution in [2.24, 2.45) is 5.92 Å². The van der Waals surface area contributed by atoms with Crippen LogP contribution in [-0.2, 0) is 11.2 Å². The van der Waals surface area contributed by atoms with E-state index < -0.39 is 6.10 Å². The summed E-state index contributed by atoms with van der Waals surface area (Å²) < 4.78 is 5.06. The van der Waals surface area contributed by atoms with E-state index in [1.807, 2.05) is 12.1 Å². The van der Waals surface area contributed by atoms with Crippen molar-refractivity contribution in [3.8, 4) is 0 Å². The Morgan fingerprint density at radius 1 is 1.20 bits per heavy atom. The molecule has 2 atom stereocenters. The van der Waals surface area contributed by atoms with Crippen LogP contribution in [0.3, 0.4) is 0 Å². The Hall–Kier alpha value is -0.900. The Kier molecular flexibility index (Phi) is 7.82. The minimum atomic E-state index is -0.484. The van der Waals surface area contributed by atoms with E-state index in [0.29, 0.717) is 12.5 Å². The largest absolute Gasteiger partial charge is 0.387 e. The molecule has 0 aromatic heterocycles. The van der Waals surface area contributed by atoms with Gasteiger partial charge in [-0.2, -0.15) is 0 Å². The first-order valence-electron chi connectivity index (χ1n) is 7.59. The predicted molar refractivity (Wildman–Crippen MR) is 83.9 cm³/mol. The Bertz CT molecular complexity index is 362. The fraction of sp³-hybridized carbons (Fsp3) is 0.647. The van der Waals surface area contributed by atoms with Crippen molar-refractivity contribution in [1.29, 1.82) is 0 Å². The first-order valence-corrected chi connectivity index (χ1v) is 7.59. The van der Waals surface area contributed by atoms with Crippen molar-refractivity contribution in [2.75, 3.05) is 20.3 Å². The summed E-state index contributed by atoms with van der Waals surface area (Å²) in [5, 5.41) is 14.0. The molecule has 3 heteroatoms. The van der Waals surface area contributed by atoms with E-state index in [2.05, 4.69) is 38.2 Å². The fourth-order valence-electron chi connectivity index (χ4n) is 2.42. The lowest BCUT2D eigenvalue weighted by Crippen LogP contribution is -2.40. The highest BCUT2D eigenvalue weighted by molar-refractivity contribution is 5.25. The SMILES string of the molecule is CCCc1ccc(C(O)C(NCCOC)C(C)C)cc1. The number of aliphatic hydroxyl groups is 1. The minimum Gasteiger partial charge on any atom is -0.387 e. The van der Waals surface area contributed by atoms with Crippen LogP contribution in [0.2, 0.25) is 0 Å². The molecule has 0 saturated carbocycles. The lowest BCUT2D eigenvalue weighted by Gasteiger charge is -2.28. The second-order valence-electron chi connectivity index (χ2n) is 5.65. The molecule has 0 saturated heterocycles. The number of rotatable bonds is 9. The van der Waals surface area contributed by atoms with E-state index in [1.165, 1.54) is 5.56 Å². The monoisotopic (exact) mass is 279 g/mol. The second kappa shape index (κ2) is 9.11. The maximum absolute atomic E-state index is 10.6. The highest BCUT2D eigenvalue weighted by Crippen LogP contribution is 2.22. The van der Waals surface area contributed by atoms with Crippen LogP contribution in [-0.4, -0.2) is 31.4 Å². The molecule has 0 aliphatic heterocycles. The third-order valence-electron chi connectivity index (χ3n) is 3.60. The number of hydrogen-bond donors (Lipinski definition) is 2. The Labute approximate surface area is 123 Å². The average Bonchev–Trinajstić information content (AvgIpc) is 2.44. The summed E-state index contributed by atoms with van der Waals surface area (Å²) in [7, 11) is 1.69. The van der Waals surface area contributed by atoms with Gasteiger partial charge in [-0.25, -0.2) is 0 Å². The van der Waals surface area contributed by atoms with Gasteiger partial charge in [0.1, 0.15) is 0 Å². The summed E-state index contributed by atoms with van der Waals surface area (Å²) in [6.07, 6.45) is 1.76. The highest BCUT2D eigenvalue weighted by Gasteiger charge is 2.23. The van der Waals surface area contributed by atoms with Gasteiger partial charge in [0.25, 0.3) is 0 Å². The molecule has 0 bridgehead atoms. The van der Waals surface area contributed by atoms with Gasteiger partial charge in [-0.15, -0.1) is 0 Å². The van der Waals surface area contributed by atoms with Crippen LogP contribution in [0.4, 0.5) is 0 Å². The van der Waals surface area contributed by atoms with Crippen molar-refractivity contribution in [2.45, 2.75) is 45.8 Å². The fourth-order valence-corrected chi connectivity index (χ4v) is 2.42. The lowest BCUT2D eigenvalue weighted by molar-refractivity contribution is 0.0978. The highest BCUT2D eigenvalue weighted by atomic mass is 16.5. The topological polar surface area (TPSA) is 41.5 Å². The van der Waals surface area contributed by atoms with E-state index in [9.17, 15) is 5.11 Å².